The first-order chi connectivity index (χ1) is 10.1. The summed E-state index contributed by atoms with van der Waals surface area (Å²) in [6, 6.07) is 4.72. The highest BCUT2D eigenvalue weighted by molar-refractivity contribution is 5.94. The Labute approximate surface area is 122 Å². The van der Waals surface area contributed by atoms with E-state index in [1.807, 2.05) is 0 Å². The number of nitrogens with one attached hydrogen (secondary N) is 2. The molecule has 0 aromatic heterocycles. The van der Waals surface area contributed by atoms with Gasteiger partial charge in [-0.1, -0.05) is 12.8 Å². The van der Waals surface area contributed by atoms with Gasteiger partial charge in [0.15, 0.2) is 0 Å². The first-order valence-corrected chi connectivity index (χ1v) is 6.96. The number of nitro benzene ring substituents is 1. The van der Waals surface area contributed by atoms with Crippen molar-refractivity contribution in [1.82, 2.24) is 5.32 Å². The molecule has 1 fully saturated rings. The Bertz CT molecular complexity index is 527. The van der Waals surface area contributed by atoms with Crippen molar-refractivity contribution in [3.63, 3.8) is 0 Å². The van der Waals surface area contributed by atoms with Crippen molar-refractivity contribution in [1.29, 1.82) is 0 Å². The fourth-order valence-corrected chi connectivity index (χ4v) is 2.46. The lowest BCUT2D eigenvalue weighted by Crippen LogP contribution is -2.34. The van der Waals surface area contributed by atoms with Gasteiger partial charge in [-0.05, 0) is 25.0 Å². The van der Waals surface area contributed by atoms with Crippen LogP contribution >= 0.6 is 0 Å². The third-order valence-corrected chi connectivity index (χ3v) is 3.58. The quantitative estimate of drug-likeness (QED) is 0.618. The van der Waals surface area contributed by atoms with Gasteiger partial charge in [-0.2, -0.15) is 0 Å². The minimum absolute atomic E-state index is 0.161. The predicted molar refractivity (Wildman–Crippen MR) is 78.5 cm³/mol. The van der Waals surface area contributed by atoms with Crippen LogP contribution in [-0.2, 0) is 4.79 Å². The second-order valence-corrected chi connectivity index (χ2v) is 5.05. The van der Waals surface area contributed by atoms with E-state index in [1.165, 1.54) is 32.1 Å². The van der Waals surface area contributed by atoms with Gasteiger partial charge in [0.2, 0.25) is 5.91 Å². The summed E-state index contributed by atoms with van der Waals surface area (Å²) in [4.78, 5) is 22.4. The summed E-state index contributed by atoms with van der Waals surface area (Å²) < 4.78 is 4.95. The normalized spacial score (nSPS) is 14.9. The molecule has 1 saturated carbocycles. The van der Waals surface area contributed by atoms with E-state index in [-0.39, 0.29) is 23.8 Å². The molecule has 0 heterocycles. The van der Waals surface area contributed by atoms with Crippen LogP contribution in [-0.4, -0.2) is 30.5 Å². The van der Waals surface area contributed by atoms with Crippen molar-refractivity contribution in [2.75, 3.05) is 19.0 Å². The lowest BCUT2D eigenvalue weighted by Gasteiger charge is -2.12. The highest BCUT2D eigenvalue weighted by atomic mass is 16.6. The minimum atomic E-state index is -0.539. The average molecular weight is 293 g/mol. The molecule has 114 valence electrons. The van der Waals surface area contributed by atoms with E-state index >= 15 is 0 Å². The fourth-order valence-electron chi connectivity index (χ4n) is 2.46. The predicted octanol–water partition coefficient (Wildman–Crippen LogP) is 2.07. The van der Waals surface area contributed by atoms with Crippen LogP contribution < -0.4 is 15.4 Å². The fraction of sp³-hybridized carbons (Fsp3) is 0.500. The van der Waals surface area contributed by atoms with E-state index in [0.717, 1.165) is 12.8 Å². The first kappa shape index (κ1) is 15.2. The minimum Gasteiger partial charge on any atom is -0.496 e. The largest absolute Gasteiger partial charge is 0.496 e. The van der Waals surface area contributed by atoms with Crippen LogP contribution in [0.15, 0.2) is 18.2 Å². The number of nitro groups is 1. The zero-order chi connectivity index (χ0) is 15.2. The van der Waals surface area contributed by atoms with Gasteiger partial charge in [0.1, 0.15) is 11.4 Å². The average Bonchev–Trinajstić information content (AvgIpc) is 2.98. The van der Waals surface area contributed by atoms with Crippen LogP contribution in [0.25, 0.3) is 0 Å². The number of ether oxygens (including phenoxy) is 1. The number of carbonyl (C=O) groups is 1. The first-order valence-electron chi connectivity index (χ1n) is 6.96. The van der Waals surface area contributed by atoms with Gasteiger partial charge in [-0.3, -0.25) is 14.9 Å². The van der Waals surface area contributed by atoms with Crippen molar-refractivity contribution in [2.45, 2.75) is 31.7 Å². The maximum absolute atomic E-state index is 11.9. The molecule has 0 unspecified atom stereocenters. The second kappa shape index (κ2) is 7.03. The summed E-state index contributed by atoms with van der Waals surface area (Å²) in [6.07, 6.45) is 4.53. The van der Waals surface area contributed by atoms with Crippen LogP contribution in [0.5, 0.6) is 5.75 Å². The number of anilines is 1. The van der Waals surface area contributed by atoms with E-state index in [0.29, 0.717) is 11.8 Å². The number of hydrogen-bond acceptors (Lipinski definition) is 5. The Kier molecular flexibility index (Phi) is 5.10. The van der Waals surface area contributed by atoms with E-state index in [2.05, 4.69) is 10.6 Å². The van der Waals surface area contributed by atoms with Gasteiger partial charge >= 0.3 is 0 Å². The molecule has 7 heteroatoms. The van der Waals surface area contributed by atoms with Crippen molar-refractivity contribution < 1.29 is 14.5 Å². The molecule has 1 amide bonds. The van der Waals surface area contributed by atoms with Gasteiger partial charge in [-0.25, -0.2) is 0 Å². The maximum atomic E-state index is 11.9. The Hall–Kier alpha value is -2.15. The van der Waals surface area contributed by atoms with Crippen LogP contribution in [0.4, 0.5) is 11.4 Å². The van der Waals surface area contributed by atoms with Crippen LogP contribution in [0.2, 0.25) is 0 Å². The molecule has 0 atom stereocenters. The summed E-state index contributed by atoms with van der Waals surface area (Å²) in [5.41, 5.74) is 0.00240. The SMILES string of the molecule is COc1ccc(NC(=O)CNC2CCCC2)c([N+](=O)[O-])c1. The van der Waals surface area contributed by atoms with Gasteiger partial charge in [0.05, 0.1) is 24.6 Å². The Balaban J connectivity index is 1.97. The van der Waals surface area contributed by atoms with Gasteiger partial charge in [0, 0.05) is 6.04 Å². The molecule has 0 aliphatic heterocycles. The molecule has 2 rings (SSSR count). The van der Waals surface area contributed by atoms with Gasteiger partial charge in [-0.15, -0.1) is 0 Å². The molecule has 1 aromatic rings. The molecule has 1 aliphatic carbocycles. The zero-order valence-corrected chi connectivity index (χ0v) is 11.9. The number of hydrogen-bond donors (Lipinski definition) is 2. The number of amides is 1. The van der Waals surface area contributed by atoms with Gasteiger partial charge in [0.25, 0.3) is 5.69 Å². The van der Waals surface area contributed by atoms with E-state index in [4.69, 9.17) is 4.74 Å². The molecule has 0 radical (unpaired) electrons. The monoisotopic (exact) mass is 293 g/mol. The number of carbonyl (C=O) groups excluding carboxylic acids is 1. The molecule has 0 bridgehead atoms. The van der Waals surface area contributed by atoms with Crippen molar-refractivity contribution in [2.24, 2.45) is 0 Å². The summed E-state index contributed by atoms with van der Waals surface area (Å²) in [5.74, 6) is 0.0962. The van der Waals surface area contributed by atoms with Gasteiger partial charge < -0.3 is 15.4 Å². The number of rotatable bonds is 6. The molecule has 21 heavy (non-hydrogen) atoms. The molecule has 0 saturated heterocycles. The molecule has 1 aromatic carbocycles. The third kappa shape index (κ3) is 4.16. The summed E-state index contributed by atoms with van der Waals surface area (Å²) in [6.45, 7) is 0.161. The maximum Gasteiger partial charge on any atom is 0.296 e. The van der Waals surface area contributed by atoms with Crippen LogP contribution in [0, 0.1) is 10.1 Å². The summed E-state index contributed by atoms with van der Waals surface area (Å²) in [7, 11) is 1.43. The topological polar surface area (TPSA) is 93.5 Å². The molecule has 7 nitrogen and oxygen atoms in total. The lowest BCUT2D eigenvalue weighted by atomic mass is 10.2. The standard InChI is InChI=1S/C14H19N3O4/c1-21-11-6-7-12(13(8-11)17(19)20)16-14(18)9-15-10-4-2-3-5-10/h6-8,10,15H,2-5,9H2,1H3,(H,16,18). The summed E-state index contributed by atoms with van der Waals surface area (Å²) in [5, 5.41) is 16.8. The Morgan fingerprint density at radius 1 is 1.43 bits per heavy atom. The van der Waals surface area contributed by atoms with E-state index < -0.39 is 4.92 Å². The van der Waals surface area contributed by atoms with Crippen molar-refractivity contribution in [3.05, 3.63) is 28.3 Å². The number of benzene rings is 1. The smallest absolute Gasteiger partial charge is 0.296 e. The Morgan fingerprint density at radius 3 is 2.76 bits per heavy atom. The molecule has 2 N–H and O–H groups in total. The van der Waals surface area contributed by atoms with Crippen LogP contribution in [0.1, 0.15) is 25.7 Å². The van der Waals surface area contributed by atoms with E-state index in [9.17, 15) is 14.9 Å². The molecular formula is C14H19N3O4. The lowest BCUT2D eigenvalue weighted by molar-refractivity contribution is -0.384. The van der Waals surface area contributed by atoms with Crippen LogP contribution in [0.3, 0.4) is 0 Å². The second-order valence-electron chi connectivity index (χ2n) is 5.05. The Morgan fingerprint density at radius 2 is 2.14 bits per heavy atom. The number of nitrogens with zero attached hydrogens (tertiary/aromatic N) is 1. The summed E-state index contributed by atoms with van der Waals surface area (Å²) >= 11 is 0. The van der Waals surface area contributed by atoms with E-state index in [1.54, 1.807) is 6.07 Å². The zero-order valence-electron chi connectivity index (χ0n) is 11.9. The molecule has 0 spiro atoms. The third-order valence-electron chi connectivity index (χ3n) is 3.58. The molecule has 1 aliphatic rings. The molecular weight excluding hydrogens is 274 g/mol. The van der Waals surface area contributed by atoms with Crippen molar-refractivity contribution in [3.8, 4) is 5.75 Å². The highest BCUT2D eigenvalue weighted by Crippen LogP contribution is 2.28. The number of methoxy groups -OCH3 is 1. The van der Waals surface area contributed by atoms with Crippen molar-refractivity contribution >= 4 is 17.3 Å². The highest BCUT2D eigenvalue weighted by Gasteiger charge is 2.19.